The average molecular weight is 500 g/mol. The maximum atomic E-state index is 13.2. The molecule has 2 aromatic rings. The summed E-state index contributed by atoms with van der Waals surface area (Å²) in [6, 6.07) is 9.53. The first-order valence-corrected chi connectivity index (χ1v) is 6.30. The minimum atomic E-state index is -0.649. The molecule has 0 aliphatic carbocycles. The van der Waals surface area contributed by atoms with Crippen LogP contribution >= 0.6 is 0 Å². The van der Waals surface area contributed by atoms with E-state index < -0.39 is 11.6 Å². The van der Waals surface area contributed by atoms with E-state index in [1.54, 1.807) is 43.5 Å². The van der Waals surface area contributed by atoms with Gasteiger partial charge in [-0.25, -0.2) is 0 Å². The fourth-order valence-corrected chi connectivity index (χ4v) is 1.51. The van der Waals surface area contributed by atoms with Crippen LogP contribution in [0, 0.1) is 31.2 Å². The Hall–Kier alpha value is -1.24. The van der Waals surface area contributed by atoms with Crippen molar-refractivity contribution in [3.63, 3.8) is 0 Å². The molecule has 0 amide bonds. The molecule has 23 heavy (non-hydrogen) atoms. The molecule has 0 aliphatic rings. The van der Waals surface area contributed by atoms with Crippen LogP contribution in [-0.2, 0) is 29.6 Å². The van der Waals surface area contributed by atoms with Gasteiger partial charge in [0, 0.05) is 32.1 Å². The van der Waals surface area contributed by atoms with Crippen molar-refractivity contribution in [1.29, 1.82) is 0 Å². The summed E-state index contributed by atoms with van der Waals surface area (Å²) in [5.74, 6) is -1.29. The quantitative estimate of drug-likeness (QED) is 0.592. The average Bonchev–Trinajstić information content (AvgIpc) is 2.49. The van der Waals surface area contributed by atoms with Crippen molar-refractivity contribution in [1.82, 2.24) is 9.88 Å². The molecule has 0 saturated carbocycles. The smallest absolute Gasteiger partial charge is 0.566 e. The van der Waals surface area contributed by atoms with Crippen LogP contribution in [0.15, 0.2) is 36.5 Å². The predicted octanol–water partition coefficient (Wildman–Crippen LogP) is 3.27. The van der Waals surface area contributed by atoms with Crippen LogP contribution in [0.4, 0.5) is 8.78 Å². The summed E-state index contributed by atoms with van der Waals surface area (Å²) in [6.07, 6.45) is 1.55. The Balaban J connectivity index is 0.000000469. The minimum Gasteiger partial charge on any atom is -0.566 e. The summed E-state index contributed by atoms with van der Waals surface area (Å²) in [4.78, 5) is 5.61. The van der Waals surface area contributed by atoms with Crippen molar-refractivity contribution in [3.8, 4) is 11.3 Å². The second kappa shape index (κ2) is 12.2. The Bertz CT molecular complexity index is 553. The van der Waals surface area contributed by atoms with Crippen LogP contribution in [0.1, 0.15) is 0 Å². The van der Waals surface area contributed by atoms with E-state index >= 15 is 0 Å². The molecule has 0 fully saturated rings. The number of ether oxygens (including phenoxy) is 2. The van der Waals surface area contributed by atoms with E-state index in [9.17, 15) is 8.78 Å². The van der Waals surface area contributed by atoms with Gasteiger partial charge < -0.3 is 19.4 Å². The molecule has 0 radical (unpaired) electrons. The van der Waals surface area contributed by atoms with Gasteiger partial charge in [0.2, 0.25) is 0 Å². The fraction of sp³-hybridized carbons (Fsp3) is 0.188. The van der Waals surface area contributed by atoms with Crippen molar-refractivity contribution < 1.29 is 38.4 Å². The molecule has 1 heterocycles. The van der Waals surface area contributed by atoms with E-state index in [0.717, 1.165) is 12.1 Å². The third-order valence-electron chi connectivity index (χ3n) is 2.32. The molecule has 4 nitrogen and oxygen atoms in total. The molecule has 7 heteroatoms. The summed E-state index contributed by atoms with van der Waals surface area (Å²) in [5, 5.41) is 0. The van der Waals surface area contributed by atoms with Gasteiger partial charge in [-0.3, -0.25) is 8.78 Å². The van der Waals surface area contributed by atoms with Crippen LogP contribution in [-0.4, -0.2) is 31.2 Å². The minimum absolute atomic E-state index is 0. The number of halogens is 2. The van der Waals surface area contributed by atoms with Gasteiger partial charge in [-0.2, -0.15) is 13.5 Å². The van der Waals surface area contributed by atoms with Gasteiger partial charge in [0.15, 0.2) is 0 Å². The molecular weight excluding hydrogens is 482 g/mol. The standard InChI is InChI=1S/C11H6F2N.C5H11NO2.Ir/c12-8-4-5-9(10(13)7-8)11-3-1-2-6-14-11;1-6(4-7-2)5-8-3;/h1-4,6-7H;4-5H,1-3H3;/q-1;-2;+3. The van der Waals surface area contributed by atoms with E-state index in [1.165, 1.54) is 13.5 Å². The summed E-state index contributed by atoms with van der Waals surface area (Å²) in [7, 11) is 4.98. The number of rotatable bonds is 5. The van der Waals surface area contributed by atoms with E-state index in [4.69, 9.17) is 0 Å². The fourth-order valence-electron chi connectivity index (χ4n) is 1.51. The molecule has 0 saturated heterocycles. The third-order valence-corrected chi connectivity index (χ3v) is 2.32. The zero-order valence-electron chi connectivity index (χ0n) is 12.9. The van der Waals surface area contributed by atoms with E-state index in [0.29, 0.717) is 5.69 Å². The number of methoxy groups -OCH3 is 2. The van der Waals surface area contributed by atoms with Crippen LogP contribution < -0.4 is 0 Å². The van der Waals surface area contributed by atoms with Crippen LogP contribution in [0.2, 0.25) is 0 Å². The molecule has 0 N–H and O–H groups in total. The van der Waals surface area contributed by atoms with E-state index in [2.05, 4.69) is 20.5 Å². The Labute approximate surface area is 148 Å². The van der Waals surface area contributed by atoms with Gasteiger partial charge in [-0.15, -0.1) is 12.1 Å². The first kappa shape index (κ1) is 21.8. The molecule has 1 aromatic heterocycles. The Kier molecular flexibility index (Phi) is 11.6. The first-order valence-electron chi connectivity index (χ1n) is 6.30. The predicted molar refractivity (Wildman–Crippen MR) is 78.8 cm³/mol. The molecule has 0 spiro atoms. The van der Waals surface area contributed by atoms with Crippen LogP contribution in [0.25, 0.3) is 11.3 Å². The van der Waals surface area contributed by atoms with Gasteiger partial charge in [0.1, 0.15) is 0 Å². The van der Waals surface area contributed by atoms with Gasteiger partial charge in [-0.05, 0) is 11.8 Å². The number of pyridine rings is 1. The number of hydrogen-bond acceptors (Lipinski definition) is 4. The van der Waals surface area contributed by atoms with Gasteiger partial charge in [0.05, 0.1) is 0 Å². The van der Waals surface area contributed by atoms with Gasteiger partial charge in [0.25, 0.3) is 0 Å². The Morgan fingerprint density at radius 3 is 2.30 bits per heavy atom. The van der Waals surface area contributed by atoms with Crippen molar-refractivity contribution >= 4 is 0 Å². The number of nitrogens with zero attached hydrogens (tertiary/aromatic N) is 2. The van der Waals surface area contributed by atoms with E-state index in [1.807, 2.05) is 7.05 Å². The largest absolute Gasteiger partial charge is 3.00 e. The first-order chi connectivity index (χ1) is 10.6. The van der Waals surface area contributed by atoms with Crippen molar-refractivity contribution in [2.75, 3.05) is 21.3 Å². The van der Waals surface area contributed by atoms with Crippen molar-refractivity contribution in [2.24, 2.45) is 0 Å². The molecule has 2 rings (SSSR count). The molecule has 1 aromatic carbocycles. The number of benzene rings is 1. The maximum Gasteiger partial charge on any atom is 3.00 e. The monoisotopic (exact) mass is 500 g/mol. The number of hydrogen-bond donors (Lipinski definition) is 0. The second-order valence-electron chi connectivity index (χ2n) is 4.10. The summed E-state index contributed by atoms with van der Waals surface area (Å²) in [5.41, 5.74) is 0.636. The second-order valence-corrected chi connectivity index (χ2v) is 4.10. The van der Waals surface area contributed by atoms with Gasteiger partial charge >= 0.3 is 20.1 Å². The Morgan fingerprint density at radius 1 is 1.17 bits per heavy atom. The Morgan fingerprint density at radius 2 is 1.83 bits per heavy atom. The SMILES string of the molecule is CO[CH-]N(C)[CH-]OC.Fc1c[c-]c(-c2ccccn2)c(F)c1.[Ir+3]. The third kappa shape index (κ3) is 8.25. The topological polar surface area (TPSA) is 34.6 Å². The molecule has 0 aliphatic heterocycles. The van der Waals surface area contributed by atoms with Gasteiger partial charge in [-0.1, -0.05) is 30.8 Å². The maximum absolute atomic E-state index is 13.2. The molecule has 126 valence electrons. The van der Waals surface area contributed by atoms with Crippen LogP contribution in [0.3, 0.4) is 0 Å². The van der Waals surface area contributed by atoms with Crippen LogP contribution in [0.5, 0.6) is 0 Å². The summed E-state index contributed by atoms with van der Waals surface area (Å²) in [6.45, 7) is 3.06. The normalized spacial score (nSPS) is 9.83. The molecular formula is C16H17F2IrN2O2. The van der Waals surface area contributed by atoms with Crippen molar-refractivity contribution in [3.05, 3.63) is 67.7 Å². The molecule has 0 unspecified atom stereocenters. The molecule has 0 atom stereocenters. The zero-order chi connectivity index (χ0) is 16.4. The summed E-state index contributed by atoms with van der Waals surface area (Å²) < 4.78 is 35.1. The van der Waals surface area contributed by atoms with Crippen molar-refractivity contribution in [2.45, 2.75) is 0 Å². The summed E-state index contributed by atoms with van der Waals surface area (Å²) >= 11 is 0. The molecule has 0 bridgehead atoms. The zero-order valence-corrected chi connectivity index (χ0v) is 15.3. The van der Waals surface area contributed by atoms with E-state index in [-0.39, 0.29) is 25.7 Å². The number of aromatic nitrogens is 1.